The lowest BCUT2D eigenvalue weighted by Crippen LogP contribution is -2.21. The summed E-state index contributed by atoms with van der Waals surface area (Å²) in [5.74, 6) is 3.85. The molecule has 4 N–H and O–H groups in total. The van der Waals surface area contributed by atoms with E-state index in [0.29, 0.717) is 90.5 Å². The van der Waals surface area contributed by atoms with Crippen LogP contribution in [0.5, 0.6) is 69.0 Å². The molecule has 0 amide bonds. The van der Waals surface area contributed by atoms with Gasteiger partial charge in [0.05, 0.1) is 85.3 Å². The molecule has 56 heavy (non-hydrogen) atoms. The molecule has 16 nitrogen and oxygen atoms in total. The molecule has 0 heterocycles. The highest BCUT2D eigenvalue weighted by Crippen LogP contribution is 2.58. The molecular formula is C40H48O16. The van der Waals surface area contributed by atoms with Gasteiger partial charge in [0.1, 0.15) is 24.4 Å². The third-order valence-electron chi connectivity index (χ3n) is 9.87. The van der Waals surface area contributed by atoms with Crippen LogP contribution in [0.25, 0.3) is 0 Å². The quantitative estimate of drug-likeness (QED) is 0.158. The number of hydrogen-bond acceptors (Lipinski definition) is 16. The van der Waals surface area contributed by atoms with Gasteiger partial charge in [-0.15, -0.1) is 0 Å². The van der Waals surface area contributed by atoms with Gasteiger partial charge in [-0.2, -0.15) is 0 Å². The van der Waals surface area contributed by atoms with Crippen molar-refractivity contribution in [2.45, 2.75) is 24.4 Å². The molecule has 0 bridgehead atoms. The van der Waals surface area contributed by atoms with E-state index in [1.165, 1.54) is 85.3 Å². The predicted molar refractivity (Wildman–Crippen MR) is 201 cm³/mol. The number of ether oxygens (including phenoxy) is 12. The van der Waals surface area contributed by atoms with Gasteiger partial charge < -0.3 is 77.3 Å². The lowest BCUT2D eigenvalue weighted by molar-refractivity contribution is 0.162. The Balaban J connectivity index is 0.000000214. The van der Waals surface area contributed by atoms with Gasteiger partial charge in [-0.1, -0.05) is 0 Å². The van der Waals surface area contributed by atoms with Crippen molar-refractivity contribution >= 4 is 0 Å². The van der Waals surface area contributed by atoms with E-state index in [-0.39, 0.29) is 23.0 Å². The first-order valence-corrected chi connectivity index (χ1v) is 17.0. The van der Waals surface area contributed by atoms with Crippen molar-refractivity contribution in [1.82, 2.24) is 0 Å². The monoisotopic (exact) mass is 784 g/mol. The number of hydrogen-bond donors (Lipinski definition) is 4. The van der Waals surface area contributed by atoms with Crippen molar-refractivity contribution in [3.63, 3.8) is 0 Å². The average molecular weight is 785 g/mol. The lowest BCUT2D eigenvalue weighted by atomic mass is 9.80. The minimum absolute atomic E-state index is 0.269. The molecule has 0 aromatic heterocycles. The second-order valence-corrected chi connectivity index (χ2v) is 12.2. The van der Waals surface area contributed by atoms with E-state index in [0.717, 1.165) is 0 Å². The third kappa shape index (κ3) is 6.37. The molecule has 4 aromatic rings. The second-order valence-electron chi connectivity index (χ2n) is 12.2. The normalized spacial score (nSPS) is 17.3. The summed E-state index contributed by atoms with van der Waals surface area (Å²) in [6.45, 7) is 0. The summed E-state index contributed by atoms with van der Waals surface area (Å²) in [7, 11) is 17.7. The standard InChI is InChI=1S/2C20H24O8/c2*1-23-11-7-9-13(19(27-5)17(11)25-3)16(22)14-10(15(9)21)8-12(24-2)18(26-4)20(14)28-6/h2*7-8,15-16,21-22H,1-6H3. The SMILES string of the molecule is COc1cc2c(c(OC)c1OC)C(O)c1c(cc(OC)c(OC)c1OC)C2O.COc1cc2c(c(OC)c1OC)C(O)c1c(cc(OC)c(OC)c1OC)C2O. The van der Waals surface area contributed by atoms with Crippen molar-refractivity contribution in [1.29, 1.82) is 0 Å². The Morgan fingerprint density at radius 1 is 0.268 bits per heavy atom. The summed E-state index contributed by atoms with van der Waals surface area (Å²) < 4.78 is 65.2. The Morgan fingerprint density at radius 3 is 0.589 bits per heavy atom. The second kappa shape index (κ2) is 17.0. The largest absolute Gasteiger partial charge is 0.493 e. The van der Waals surface area contributed by atoms with Crippen LogP contribution in [0.2, 0.25) is 0 Å². The number of aliphatic hydroxyl groups excluding tert-OH is 4. The van der Waals surface area contributed by atoms with E-state index in [9.17, 15) is 20.4 Å². The molecular weight excluding hydrogens is 736 g/mol. The highest BCUT2D eigenvalue weighted by atomic mass is 16.6. The van der Waals surface area contributed by atoms with Gasteiger partial charge in [0.2, 0.25) is 23.0 Å². The minimum Gasteiger partial charge on any atom is -0.493 e. The van der Waals surface area contributed by atoms with Crippen LogP contribution in [0.15, 0.2) is 24.3 Å². The van der Waals surface area contributed by atoms with Crippen LogP contribution in [0.3, 0.4) is 0 Å². The zero-order valence-electron chi connectivity index (χ0n) is 33.3. The molecule has 0 aliphatic heterocycles. The van der Waals surface area contributed by atoms with E-state index in [2.05, 4.69) is 0 Å². The van der Waals surface area contributed by atoms with E-state index in [1.54, 1.807) is 24.3 Å². The van der Waals surface area contributed by atoms with Gasteiger partial charge in [0, 0.05) is 22.3 Å². The molecule has 16 heteroatoms. The van der Waals surface area contributed by atoms with E-state index in [4.69, 9.17) is 56.8 Å². The molecule has 0 spiro atoms. The third-order valence-corrected chi connectivity index (χ3v) is 9.87. The fourth-order valence-electron chi connectivity index (χ4n) is 7.45. The fraction of sp³-hybridized carbons (Fsp3) is 0.400. The molecule has 6 rings (SSSR count). The molecule has 0 atom stereocenters. The molecule has 2 aliphatic carbocycles. The molecule has 0 unspecified atom stereocenters. The number of methoxy groups -OCH3 is 12. The smallest absolute Gasteiger partial charge is 0.203 e. The summed E-state index contributed by atoms with van der Waals surface area (Å²) >= 11 is 0. The van der Waals surface area contributed by atoms with Gasteiger partial charge >= 0.3 is 0 Å². The summed E-state index contributed by atoms with van der Waals surface area (Å²) in [5, 5.41) is 44.8. The van der Waals surface area contributed by atoms with Crippen LogP contribution in [-0.2, 0) is 0 Å². The Hall–Kier alpha value is -5.68. The van der Waals surface area contributed by atoms with E-state index in [1.807, 2.05) is 0 Å². The predicted octanol–water partition coefficient (Wildman–Crippen LogP) is 4.43. The van der Waals surface area contributed by atoms with Crippen molar-refractivity contribution in [2.24, 2.45) is 0 Å². The van der Waals surface area contributed by atoms with Crippen LogP contribution < -0.4 is 56.8 Å². The molecule has 304 valence electrons. The summed E-state index contributed by atoms with van der Waals surface area (Å²) in [4.78, 5) is 0. The highest BCUT2D eigenvalue weighted by Gasteiger charge is 2.41. The van der Waals surface area contributed by atoms with E-state index >= 15 is 0 Å². The molecule has 0 saturated carbocycles. The van der Waals surface area contributed by atoms with Gasteiger partial charge in [0.25, 0.3) is 0 Å². The maximum Gasteiger partial charge on any atom is 0.203 e. The highest BCUT2D eigenvalue weighted by molar-refractivity contribution is 5.72. The van der Waals surface area contributed by atoms with Gasteiger partial charge in [-0.05, 0) is 46.5 Å². The maximum absolute atomic E-state index is 11.3. The average Bonchev–Trinajstić information content (AvgIpc) is 3.23. The van der Waals surface area contributed by atoms with Crippen LogP contribution in [0.1, 0.15) is 68.9 Å². The van der Waals surface area contributed by atoms with Crippen molar-refractivity contribution in [2.75, 3.05) is 85.3 Å². The number of rotatable bonds is 12. The maximum atomic E-state index is 11.3. The summed E-state index contributed by atoms with van der Waals surface area (Å²) in [6, 6.07) is 6.49. The van der Waals surface area contributed by atoms with Crippen molar-refractivity contribution in [3.8, 4) is 69.0 Å². The first kappa shape index (κ1) is 41.5. The van der Waals surface area contributed by atoms with Crippen LogP contribution in [0.4, 0.5) is 0 Å². The molecule has 0 fully saturated rings. The fourth-order valence-corrected chi connectivity index (χ4v) is 7.45. The Bertz CT molecular complexity index is 1790. The Labute approximate surface area is 324 Å². The minimum atomic E-state index is -1.17. The molecule has 0 saturated heterocycles. The topological polar surface area (TPSA) is 192 Å². The van der Waals surface area contributed by atoms with Crippen molar-refractivity contribution in [3.05, 3.63) is 68.8 Å². The van der Waals surface area contributed by atoms with Crippen molar-refractivity contribution < 1.29 is 77.3 Å². The Morgan fingerprint density at radius 2 is 0.446 bits per heavy atom. The first-order valence-electron chi connectivity index (χ1n) is 17.0. The first-order chi connectivity index (χ1) is 27.0. The molecule has 4 aromatic carbocycles. The number of benzene rings is 4. The van der Waals surface area contributed by atoms with Crippen LogP contribution in [0, 0.1) is 0 Å². The van der Waals surface area contributed by atoms with E-state index < -0.39 is 24.4 Å². The lowest BCUT2D eigenvalue weighted by Gasteiger charge is -2.33. The number of fused-ring (bicyclic) bond motifs is 4. The van der Waals surface area contributed by atoms with Gasteiger partial charge in [0.15, 0.2) is 46.0 Å². The summed E-state index contributed by atoms with van der Waals surface area (Å²) in [6.07, 6.45) is -4.51. The van der Waals surface area contributed by atoms with Gasteiger partial charge in [-0.25, -0.2) is 0 Å². The molecule has 0 radical (unpaired) electrons. The summed E-state index contributed by atoms with van der Waals surface area (Å²) in [5.41, 5.74) is 3.20. The number of aliphatic hydroxyl groups is 4. The Kier molecular flexibility index (Phi) is 12.6. The zero-order valence-corrected chi connectivity index (χ0v) is 33.3. The zero-order chi connectivity index (χ0) is 41.2. The van der Waals surface area contributed by atoms with Gasteiger partial charge in [-0.3, -0.25) is 0 Å². The van der Waals surface area contributed by atoms with Crippen LogP contribution in [-0.4, -0.2) is 106 Å². The molecule has 2 aliphatic rings. The van der Waals surface area contributed by atoms with Crippen LogP contribution >= 0.6 is 0 Å².